The Bertz CT molecular complexity index is 3030. The summed E-state index contributed by atoms with van der Waals surface area (Å²) in [4.78, 5) is 2.50. The van der Waals surface area contributed by atoms with Gasteiger partial charge >= 0.3 is 0 Å². The third-order valence-corrected chi connectivity index (χ3v) is 12.5. The highest BCUT2D eigenvalue weighted by atomic mass is 15.2. The molecule has 3 heteroatoms. The SMILES string of the molecule is N#Cc1cccc(-c2ccc(-n3c4ccccc4c4cc(C5=CCC(C6=CC=C7C(C6)c6ccccc6N7c6cccc(C7=CCCC=C7)c6)C=C5)ccc43)cc2)c1. The normalized spacial score (nSPS) is 18.3. The number of allylic oxidation sites excluding steroid dienone is 12. The van der Waals surface area contributed by atoms with E-state index in [2.05, 4.69) is 185 Å². The highest BCUT2D eigenvalue weighted by molar-refractivity contribution is 6.10. The first kappa shape index (κ1) is 34.1. The van der Waals surface area contributed by atoms with Crippen LogP contribution < -0.4 is 4.90 Å². The van der Waals surface area contributed by atoms with E-state index in [0.29, 0.717) is 17.4 Å². The Hall–Kier alpha value is -7.15. The van der Waals surface area contributed by atoms with Crippen LogP contribution in [0.2, 0.25) is 0 Å². The van der Waals surface area contributed by atoms with Crippen molar-refractivity contribution in [3.8, 4) is 22.9 Å². The van der Waals surface area contributed by atoms with E-state index in [1.54, 1.807) is 0 Å². The smallest absolute Gasteiger partial charge is 0.0991 e. The van der Waals surface area contributed by atoms with Crippen LogP contribution in [0.15, 0.2) is 199 Å². The molecule has 6 aromatic carbocycles. The summed E-state index contributed by atoms with van der Waals surface area (Å²) in [5.41, 5.74) is 18.3. The standard InChI is InChI=1S/C55H41N3/c56-36-37-10-8-13-42(32-37)41-24-28-46(29-25-41)57-52-18-6-4-16-48(52)50-34-44(26-30-54(50)57)39-20-22-40(23-21-39)45-27-31-55-51(35-45)49-17-5-7-19-53(49)58(55)47-15-9-14-43(33-47)38-11-2-1-3-12-38/h2,4-22,24-34,40,51H,1,3,23,35H2. The molecule has 0 spiro atoms. The molecule has 4 aliphatic rings. The summed E-state index contributed by atoms with van der Waals surface area (Å²) < 4.78 is 2.37. The fraction of sp³-hybridized carbons (Fsp3) is 0.109. The van der Waals surface area contributed by atoms with Gasteiger partial charge in [0.1, 0.15) is 0 Å². The summed E-state index contributed by atoms with van der Waals surface area (Å²) in [5.74, 6) is 0.727. The first-order valence-corrected chi connectivity index (χ1v) is 20.5. The van der Waals surface area contributed by atoms with E-state index in [1.165, 1.54) is 72.3 Å². The number of nitrogens with zero attached hydrogens (tertiary/aromatic N) is 3. The second kappa shape index (κ2) is 14.1. The molecule has 0 saturated heterocycles. The van der Waals surface area contributed by atoms with E-state index in [9.17, 15) is 5.26 Å². The van der Waals surface area contributed by atoms with E-state index in [0.717, 1.165) is 42.5 Å². The summed E-state index contributed by atoms with van der Waals surface area (Å²) in [5, 5.41) is 11.9. The van der Waals surface area contributed by atoms with Crippen molar-refractivity contribution in [2.24, 2.45) is 5.92 Å². The topological polar surface area (TPSA) is 32.0 Å². The molecule has 58 heavy (non-hydrogen) atoms. The molecule has 11 rings (SSSR count). The Labute approximate surface area is 339 Å². The van der Waals surface area contributed by atoms with Gasteiger partial charge in [-0.15, -0.1) is 0 Å². The van der Waals surface area contributed by atoms with Crippen LogP contribution in [0.5, 0.6) is 0 Å². The molecule has 0 bridgehead atoms. The van der Waals surface area contributed by atoms with Gasteiger partial charge in [0.15, 0.2) is 0 Å². The zero-order valence-electron chi connectivity index (χ0n) is 32.2. The maximum Gasteiger partial charge on any atom is 0.0991 e. The molecule has 276 valence electrons. The average Bonchev–Trinajstić information content (AvgIpc) is 3.82. The predicted octanol–water partition coefficient (Wildman–Crippen LogP) is 14.2. The second-order valence-electron chi connectivity index (χ2n) is 15.9. The van der Waals surface area contributed by atoms with Gasteiger partial charge in [0.25, 0.3) is 0 Å². The van der Waals surface area contributed by atoms with Crippen LogP contribution in [0.4, 0.5) is 11.4 Å². The number of hydrogen-bond acceptors (Lipinski definition) is 2. The van der Waals surface area contributed by atoms with Crippen molar-refractivity contribution in [1.29, 1.82) is 5.26 Å². The number of aromatic nitrogens is 1. The number of hydrogen-bond donors (Lipinski definition) is 0. The van der Waals surface area contributed by atoms with Gasteiger partial charge in [-0.3, -0.25) is 0 Å². The highest BCUT2D eigenvalue weighted by Gasteiger charge is 2.37. The minimum absolute atomic E-state index is 0.345. The monoisotopic (exact) mass is 743 g/mol. The molecule has 7 aromatic rings. The fourth-order valence-corrected chi connectivity index (χ4v) is 9.67. The minimum Gasteiger partial charge on any atom is -0.313 e. The molecular formula is C55H41N3. The molecule has 1 aromatic heterocycles. The Morgan fingerprint density at radius 3 is 2.24 bits per heavy atom. The lowest BCUT2D eigenvalue weighted by atomic mass is 9.79. The number of nitriles is 1. The third kappa shape index (κ3) is 5.80. The van der Waals surface area contributed by atoms with E-state index in [4.69, 9.17) is 0 Å². The summed E-state index contributed by atoms with van der Waals surface area (Å²) in [6, 6.07) is 52.5. The van der Waals surface area contributed by atoms with Gasteiger partial charge in [0.05, 0.1) is 22.7 Å². The molecule has 2 atom stereocenters. The van der Waals surface area contributed by atoms with Gasteiger partial charge in [0, 0.05) is 45.4 Å². The molecule has 2 heterocycles. The quantitative estimate of drug-likeness (QED) is 0.170. The lowest BCUT2D eigenvalue weighted by Gasteiger charge is -2.29. The fourth-order valence-electron chi connectivity index (χ4n) is 9.67. The van der Waals surface area contributed by atoms with Gasteiger partial charge in [-0.05, 0) is 131 Å². The third-order valence-electron chi connectivity index (χ3n) is 12.5. The van der Waals surface area contributed by atoms with Crippen LogP contribution in [-0.4, -0.2) is 4.57 Å². The maximum atomic E-state index is 9.41. The molecule has 0 fully saturated rings. The first-order chi connectivity index (χ1) is 28.7. The van der Waals surface area contributed by atoms with Crippen LogP contribution >= 0.6 is 0 Å². The average molecular weight is 744 g/mol. The van der Waals surface area contributed by atoms with Gasteiger partial charge in [-0.2, -0.15) is 5.26 Å². The van der Waals surface area contributed by atoms with Gasteiger partial charge in [-0.1, -0.05) is 127 Å². The number of anilines is 2. The van der Waals surface area contributed by atoms with E-state index >= 15 is 0 Å². The van der Waals surface area contributed by atoms with E-state index in [-0.39, 0.29) is 0 Å². The van der Waals surface area contributed by atoms with Crippen LogP contribution in [0, 0.1) is 17.2 Å². The van der Waals surface area contributed by atoms with Crippen LogP contribution in [0.3, 0.4) is 0 Å². The highest BCUT2D eigenvalue weighted by Crippen LogP contribution is 2.53. The number of benzene rings is 6. The van der Waals surface area contributed by atoms with Crippen LogP contribution in [-0.2, 0) is 0 Å². The Balaban J connectivity index is 0.869. The van der Waals surface area contributed by atoms with Gasteiger partial charge in [0.2, 0.25) is 0 Å². The molecule has 2 unspecified atom stereocenters. The molecule has 3 aliphatic carbocycles. The number of rotatable bonds is 6. The zero-order chi connectivity index (χ0) is 38.6. The summed E-state index contributed by atoms with van der Waals surface area (Å²) >= 11 is 0. The Kier molecular flexibility index (Phi) is 8.30. The zero-order valence-corrected chi connectivity index (χ0v) is 32.2. The first-order valence-electron chi connectivity index (χ1n) is 20.5. The molecule has 3 nitrogen and oxygen atoms in total. The molecule has 0 N–H and O–H groups in total. The van der Waals surface area contributed by atoms with Gasteiger partial charge < -0.3 is 9.47 Å². The van der Waals surface area contributed by atoms with Gasteiger partial charge in [-0.25, -0.2) is 0 Å². The van der Waals surface area contributed by atoms with Crippen molar-refractivity contribution in [1.82, 2.24) is 4.57 Å². The van der Waals surface area contributed by atoms with Crippen LogP contribution in [0.1, 0.15) is 53.9 Å². The van der Waals surface area contributed by atoms with Crippen LogP contribution in [0.25, 0.3) is 49.8 Å². The van der Waals surface area contributed by atoms with Crippen molar-refractivity contribution in [2.45, 2.75) is 31.6 Å². The molecule has 0 saturated carbocycles. The molecular weight excluding hydrogens is 703 g/mol. The number of para-hydroxylation sites is 2. The van der Waals surface area contributed by atoms with Crippen molar-refractivity contribution in [3.63, 3.8) is 0 Å². The van der Waals surface area contributed by atoms with Crippen molar-refractivity contribution in [3.05, 3.63) is 222 Å². The molecule has 1 aliphatic heterocycles. The predicted molar refractivity (Wildman–Crippen MR) is 241 cm³/mol. The Morgan fingerprint density at radius 2 is 1.38 bits per heavy atom. The lowest BCUT2D eigenvalue weighted by Crippen LogP contribution is -2.17. The van der Waals surface area contributed by atoms with Crippen molar-refractivity contribution in [2.75, 3.05) is 4.90 Å². The molecule has 0 amide bonds. The van der Waals surface area contributed by atoms with Crippen molar-refractivity contribution < 1.29 is 0 Å². The van der Waals surface area contributed by atoms with Crippen molar-refractivity contribution >= 4 is 44.3 Å². The summed E-state index contributed by atoms with van der Waals surface area (Å²) in [6.45, 7) is 0. The lowest BCUT2D eigenvalue weighted by molar-refractivity contribution is 0.666. The largest absolute Gasteiger partial charge is 0.313 e. The van der Waals surface area contributed by atoms with E-state index < -0.39 is 0 Å². The summed E-state index contributed by atoms with van der Waals surface area (Å²) in [7, 11) is 0. The molecule has 0 radical (unpaired) electrons. The maximum absolute atomic E-state index is 9.41. The second-order valence-corrected chi connectivity index (χ2v) is 15.9. The number of fused-ring (bicyclic) bond motifs is 6. The summed E-state index contributed by atoms with van der Waals surface area (Å²) in [6.07, 6.45) is 23.2. The minimum atomic E-state index is 0.345. The van der Waals surface area contributed by atoms with E-state index in [1.807, 2.05) is 18.2 Å². The Morgan fingerprint density at radius 1 is 0.586 bits per heavy atom.